The Hall–Kier alpha value is -1.33. The summed E-state index contributed by atoms with van der Waals surface area (Å²) in [7, 11) is 0. The Morgan fingerprint density at radius 2 is 2.00 bits per heavy atom. The minimum Gasteiger partial charge on any atom is -0.284 e. The molecule has 2 rings (SSSR count). The molecule has 2 heteroatoms. The SMILES string of the molecule is CCc1ccccc1C(C#N)N1CCCC1. The smallest absolute Gasteiger partial charge is 0.124 e. The Kier molecular flexibility index (Phi) is 3.58. The average molecular weight is 214 g/mol. The van der Waals surface area contributed by atoms with Gasteiger partial charge in [0.05, 0.1) is 6.07 Å². The summed E-state index contributed by atoms with van der Waals surface area (Å²) in [6, 6.07) is 10.7. The molecule has 1 aliphatic rings. The summed E-state index contributed by atoms with van der Waals surface area (Å²) >= 11 is 0. The molecule has 0 spiro atoms. The van der Waals surface area contributed by atoms with Gasteiger partial charge < -0.3 is 0 Å². The average Bonchev–Trinajstić information content (AvgIpc) is 2.84. The highest BCUT2D eigenvalue weighted by Gasteiger charge is 2.24. The van der Waals surface area contributed by atoms with E-state index in [2.05, 4.69) is 36.1 Å². The standard InChI is InChI=1S/C14H18N2/c1-2-12-7-3-4-8-13(12)14(11-15)16-9-5-6-10-16/h3-4,7-8,14H,2,5-6,9-10H2,1H3. The summed E-state index contributed by atoms with van der Waals surface area (Å²) in [4.78, 5) is 2.30. The molecule has 1 unspecified atom stereocenters. The molecule has 0 bridgehead atoms. The first-order valence-corrected chi connectivity index (χ1v) is 6.08. The van der Waals surface area contributed by atoms with Gasteiger partial charge in [-0.25, -0.2) is 0 Å². The van der Waals surface area contributed by atoms with E-state index in [1.807, 2.05) is 6.07 Å². The van der Waals surface area contributed by atoms with E-state index in [1.54, 1.807) is 0 Å². The van der Waals surface area contributed by atoms with Crippen LogP contribution in [0.4, 0.5) is 0 Å². The van der Waals surface area contributed by atoms with Crippen LogP contribution in [0.1, 0.15) is 36.9 Å². The number of nitrogens with zero attached hydrogens (tertiary/aromatic N) is 2. The predicted octanol–water partition coefficient (Wildman–Crippen LogP) is 2.91. The molecular formula is C14H18N2. The van der Waals surface area contributed by atoms with Crippen molar-refractivity contribution in [2.45, 2.75) is 32.2 Å². The third kappa shape index (κ3) is 2.10. The van der Waals surface area contributed by atoms with Crippen LogP contribution < -0.4 is 0 Å². The molecule has 1 heterocycles. The molecule has 1 aliphatic heterocycles. The molecule has 1 fully saturated rings. The van der Waals surface area contributed by atoms with Crippen LogP contribution in [0.2, 0.25) is 0 Å². The van der Waals surface area contributed by atoms with Crippen LogP contribution in [0, 0.1) is 11.3 Å². The lowest BCUT2D eigenvalue weighted by Gasteiger charge is -2.23. The van der Waals surface area contributed by atoms with Crippen LogP contribution >= 0.6 is 0 Å². The minimum absolute atomic E-state index is 0.0429. The van der Waals surface area contributed by atoms with E-state index in [4.69, 9.17) is 0 Å². The molecule has 1 saturated heterocycles. The van der Waals surface area contributed by atoms with E-state index in [1.165, 1.54) is 24.0 Å². The van der Waals surface area contributed by atoms with Gasteiger partial charge in [-0.1, -0.05) is 31.2 Å². The Bertz CT molecular complexity index is 386. The summed E-state index contributed by atoms with van der Waals surface area (Å²) in [5.74, 6) is 0. The number of benzene rings is 1. The molecule has 0 amide bonds. The summed E-state index contributed by atoms with van der Waals surface area (Å²) < 4.78 is 0. The van der Waals surface area contributed by atoms with Gasteiger partial charge in [0.1, 0.15) is 6.04 Å². The minimum atomic E-state index is -0.0429. The molecule has 84 valence electrons. The summed E-state index contributed by atoms with van der Waals surface area (Å²) in [6.45, 7) is 4.28. The van der Waals surface area contributed by atoms with E-state index >= 15 is 0 Å². The van der Waals surface area contributed by atoms with Gasteiger partial charge >= 0.3 is 0 Å². The van der Waals surface area contributed by atoms with E-state index in [0.717, 1.165) is 19.5 Å². The molecule has 1 atom stereocenters. The first-order valence-electron chi connectivity index (χ1n) is 6.08. The van der Waals surface area contributed by atoms with Crippen molar-refractivity contribution in [3.05, 3.63) is 35.4 Å². The third-order valence-electron chi connectivity index (χ3n) is 3.36. The van der Waals surface area contributed by atoms with Gasteiger partial charge in [0.2, 0.25) is 0 Å². The lowest BCUT2D eigenvalue weighted by atomic mass is 9.98. The molecule has 1 aromatic carbocycles. The topological polar surface area (TPSA) is 27.0 Å². The molecule has 0 saturated carbocycles. The van der Waals surface area contributed by atoms with Gasteiger partial charge in [0.25, 0.3) is 0 Å². The highest BCUT2D eigenvalue weighted by Crippen LogP contribution is 2.27. The van der Waals surface area contributed by atoms with Crippen molar-refractivity contribution in [1.82, 2.24) is 4.90 Å². The van der Waals surface area contributed by atoms with Crippen molar-refractivity contribution in [2.24, 2.45) is 0 Å². The Morgan fingerprint density at radius 1 is 1.31 bits per heavy atom. The second kappa shape index (κ2) is 5.14. The predicted molar refractivity (Wildman–Crippen MR) is 65.0 cm³/mol. The number of rotatable bonds is 3. The van der Waals surface area contributed by atoms with E-state index < -0.39 is 0 Å². The zero-order valence-electron chi connectivity index (χ0n) is 9.82. The van der Waals surface area contributed by atoms with Crippen LogP contribution in [0.5, 0.6) is 0 Å². The number of hydrogen-bond donors (Lipinski definition) is 0. The summed E-state index contributed by atoms with van der Waals surface area (Å²) in [5.41, 5.74) is 2.51. The van der Waals surface area contributed by atoms with Crippen LogP contribution in [-0.4, -0.2) is 18.0 Å². The first-order chi connectivity index (χ1) is 7.86. The summed E-state index contributed by atoms with van der Waals surface area (Å²) in [5, 5.41) is 9.37. The number of likely N-dealkylation sites (tertiary alicyclic amines) is 1. The van der Waals surface area contributed by atoms with E-state index in [9.17, 15) is 5.26 Å². The molecule has 2 nitrogen and oxygen atoms in total. The quantitative estimate of drug-likeness (QED) is 0.773. The number of nitriles is 1. The molecule has 0 aromatic heterocycles. The molecule has 0 N–H and O–H groups in total. The maximum absolute atomic E-state index is 9.37. The van der Waals surface area contributed by atoms with Crippen LogP contribution in [-0.2, 0) is 6.42 Å². The van der Waals surface area contributed by atoms with Gasteiger partial charge in [-0.05, 0) is 43.5 Å². The van der Waals surface area contributed by atoms with Crippen molar-refractivity contribution >= 4 is 0 Å². The Labute approximate surface area is 97.5 Å². The van der Waals surface area contributed by atoms with Crippen LogP contribution in [0.15, 0.2) is 24.3 Å². The van der Waals surface area contributed by atoms with Crippen molar-refractivity contribution in [3.8, 4) is 6.07 Å². The van der Waals surface area contributed by atoms with Gasteiger partial charge in [-0.15, -0.1) is 0 Å². The fourth-order valence-corrected chi connectivity index (χ4v) is 2.47. The fraction of sp³-hybridized carbons (Fsp3) is 0.500. The van der Waals surface area contributed by atoms with Gasteiger partial charge in [0.15, 0.2) is 0 Å². The maximum Gasteiger partial charge on any atom is 0.124 e. The fourth-order valence-electron chi connectivity index (χ4n) is 2.47. The van der Waals surface area contributed by atoms with E-state index in [-0.39, 0.29) is 6.04 Å². The zero-order valence-corrected chi connectivity index (χ0v) is 9.82. The Morgan fingerprint density at radius 3 is 2.62 bits per heavy atom. The molecule has 0 aliphatic carbocycles. The van der Waals surface area contributed by atoms with Gasteiger partial charge in [-0.3, -0.25) is 4.90 Å². The maximum atomic E-state index is 9.37. The zero-order chi connectivity index (χ0) is 11.4. The normalized spacial score (nSPS) is 18.2. The molecular weight excluding hydrogens is 196 g/mol. The van der Waals surface area contributed by atoms with Crippen molar-refractivity contribution in [1.29, 1.82) is 5.26 Å². The number of aryl methyl sites for hydroxylation is 1. The lowest BCUT2D eigenvalue weighted by molar-refractivity contribution is 0.293. The molecule has 16 heavy (non-hydrogen) atoms. The lowest BCUT2D eigenvalue weighted by Crippen LogP contribution is -2.25. The highest BCUT2D eigenvalue weighted by atomic mass is 15.2. The highest BCUT2D eigenvalue weighted by molar-refractivity contribution is 5.33. The van der Waals surface area contributed by atoms with Crippen LogP contribution in [0.3, 0.4) is 0 Å². The van der Waals surface area contributed by atoms with Crippen molar-refractivity contribution < 1.29 is 0 Å². The van der Waals surface area contributed by atoms with Gasteiger partial charge in [0, 0.05) is 0 Å². The summed E-state index contributed by atoms with van der Waals surface area (Å²) in [6.07, 6.45) is 3.46. The molecule has 0 radical (unpaired) electrons. The molecule has 1 aromatic rings. The number of hydrogen-bond acceptors (Lipinski definition) is 2. The largest absolute Gasteiger partial charge is 0.284 e. The second-order valence-electron chi connectivity index (χ2n) is 4.33. The van der Waals surface area contributed by atoms with Crippen molar-refractivity contribution in [2.75, 3.05) is 13.1 Å². The second-order valence-corrected chi connectivity index (χ2v) is 4.33. The van der Waals surface area contributed by atoms with E-state index in [0.29, 0.717) is 0 Å². The Balaban J connectivity index is 2.29. The van der Waals surface area contributed by atoms with Crippen molar-refractivity contribution in [3.63, 3.8) is 0 Å². The monoisotopic (exact) mass is 214 g/mol. The van der Waals surface area contributed by atoms with Crippen LogP contribution in [0.25, 0.3) is 0 Å². The van der Waals surface area contributed by atoms with Gasteiger partial charge in [-0.2, -0.15) is 5.26 Å². The first kappa shape index (κ1) is 11.2. The third-order valence-corrected chi connectivity index (χ3v) is 3.36.